The zero-order valence-electron chi connectivity index (χ0n) is 10.1. The van der Waals surface area contributed by atoms with Gasteiger partial charge in [-0.2, -0.15) is 0 Å². The Hall–Kier alpha value is -1.14. The molecule has 2 atom stereocenters. The highest BCUT2D eigenvalue weighted by Gasteiger charge is 2.27. The molecule has 98 valence electrons. The molecular formula is C12H15BrN2O3. The SMILES string of the molecule is COC1CCCC1Nc1ccc([N+](=O)[O-])cc1Br. The number of anilines is 1. The fourth-order valence-electron chi connectivity index (χ4n) is 2.31. The van der Waals surface area contributed by atoms with Crippen molar-refractivity contribution in [3.05, 3.63) is 32.8 Å². The first kappa shape index (κ1) is 13.3. The molecule has 1 N–H and O–H groups in total. The van der Waals surface area contributed by atoms with Crippen molar-refractivity contribution in [2.24, 2.45) is 0 Å². The number of nitrogens with zero attached hydrogens (tertiary/aromatic N) is 1. The molecule has 0 aliphatic heterocycles. The first-order valence-electron chi connectivity index (χ1n) is 5.85. The van der Waals surface area contributed by atoms with E-state index in [0.29, 0.717) is 4.47 Å². The number of halogens is 1. The van der Waals surface area contributed by atoms with Gasteiger partial charge in [0.15, 0.2) is 0 Å². The summed E-state index contributed by atoms with van der Waals surface area (Å²) < 4.78 is 6.12. The molecule has 0 radical (unpaired) electrons. The Balaban J connectivity index is 2.12. The van der Waals surface area contributed by atoms with Crippen LogP contribution in [0.4, 0.5) is 11.4 Å². The van der Waals surface area contributed by atoms with Crippen LogP contribution in [0.1, 0.15) is 19.3 Å². The summed E-state index contributed by atoms with van der Waals surface area (Å²) in [4.78, 5) is 10.3. The van der Waals surface area contributed by atoms with E-state index in [1.807, 2.05) is 0 Å². The number of hydrogen-bond donors (Lipinski definition) is 1. The van der Waals surface area contributed by atoms with E-state index < -0.39 is 4.92 Å². The van der Waals surface area contributed by atoms with Gasteiger partial charge in [-0.1, -0.05) is 0 Å². The van der Waals surface area contributed by atoms with Gasteiger partial charge in [-0.25, -0.2) is 0 Å². The van der Waals surface area contributed by atoms with Gasteiger partial charge in [0.1, 0.15) is 0 Å². The topological polar surface area (TPSA) is 64.4 Å². The molecule has 0 aromatic heterocycles. The van der Waals surface area contributed by atoms with Gasteiger partial charge in [0.05, 0.1) is 17.1 Å². The Kier molecular flexibility index (Phi) is 4.19. The average Bonchev–Trinajstić information content (AvgIpc) is 2.78. The minimum Gasteiger partial charge on any atom is -0.379 e. The minimum atomic E-state index is -0.401. The molecule has 0 amide bonds. The lowest BCUT2D eigenvalue weighted by Crippen LogP contribution is -2.29. The second kappa shape index (κ2) is 5.67. The molecule has 1 saturated carbocycles. The van der Waals surface area contributed by atoms with Crippen LogP contribution in [0.25, 0.3) is 0 Å². The first-order valence-corrected chi connectivity index (χ1v) is 6.64. The third kappa shape index (κ3) is 2.81. The van der Waals surface area contributed by atoms with E-state index in [2.05, 4.69) is 21.2 Å². The number of non-ortho nitro benzene ring substituents is 1. The van der Waals surface area contributed by atoms with Crippen molar-refractivity contribution >= 4 is 27.3 Å². The summed E-state index contributed by atoms with van der Waals surface area (Å²) in [6.07, 6.45) is 3.47. The minimum absolute atomic E-state index is 0.0853. The second-order valence-corrected chi connectivity index (χ2v) is 5.23. The van der Waals surface area contributed by atoms with E-state index in [9.17, 15) is 10.1 Å². The van der Waals surface area contributed by atoms with Gasteiger partial charge >= 0.3 is 0 Å². The summed E-state index contributed by atoms with van der Waals surface area (Å²) in [5.41, 5.74) is 0.955. The number of hydrogen-bond acceptors (Lipinski definition) is 4. The maximum absolute atomic E-state index is 10.7. The first-order chi connectivity index (χ1) is 8.61. The molecule has 0 bridgehead atoms. The maximum atomic E-state index is 10.7. The Bertz CT molecular complexity index is 453. The van der Waals surface area contributed by atoms with Gasteiger partial charge in [-0.15, -0.1) is 0 Å². The summed E-state index contributed by atoms with van der Waals surface area (Å²) in [5.74, 6) is 0. The van der Waals surface area contributed by atoms with Crippen LogP contribution < -0.4 is 5.32 Å². The lowest BCUT2D eigenvalue weighted by molar-refractivity contribution is -0.384. The predicted octanol–water partition coefficient (Wildman–Crippen LogP) is 3.34. The van der Waals surface area contributed by atoms with Gasteiger partial charge < -0.3 is 10.1 Å². The third-order valence-corrected chi connectivity index (χ3v) is 3.92. The molecule has 6 heteroatoms. The second-order valence-electron chi connectivity index (χ2n) is 4.38. The zero-order chi connectivity index (χ0) is 13.1. The van der Waals surface area contributed by atoms with E-state index in [1.54, 1.807) is 13.2 Å². The molecule has 18 heavy (non-hydrogen) atoms. The predicted molar refractivity (Wildman–Crippen MR) is 72.9 cm³/mol. The maximum Gasteiger partial charge on any atom is 0.270 e. The number of methoxy groups -OCH3 is 1. The van der Waals surface area contributed by atoms with Crippen LogP contribution in [-0.4, -0.2) is 24.2 Å². The van der Waals surface area contributed by atoms with E-state index in [0.717, 1.165) is 24.9 Å². The smallest absolute Gasteiger partial charge is 0.270 e. The van der Waals surface area contributed by atoms with Crippen molar-refractivity contribution < 1.29 is 9.66 Å². The van der Waals surface area contributed by atoms with Crippen LogP contribution in [0, 0.1) is 10.1 Å². The van der Waals surface area contributed by atoms with Gasteiger partial charge in [-0.3, -0.25) is 10.1 Å². The van der Waals surface area contributed by atoms with Crippen LogP contribution in [0.3, 0.4) is 0 Å². The molecule has 0 heterocycles. The number of nitro benzene ring substituents is 1. The summed E-state index contributed by atoms with van der Waals surface area (Å²) in [6.45, 7) is 0. The average molecular weight is 315 g/mol. The lowest BCUT2D eigenvalue weighted by atomic mass is 10.2. The molecule has 1 fully saturated rings. The quantitative estimate of drug-likeness (QED) is 0.684. The Morgan fingerprint density at radius 3 is 2.89 bits per heavy atom. The van der Waals surface area contributed by atoms with Crippen molar-refractivity contribution in [2.45, 2.75) is 31.4 Å². The standard InChI is InChI=1S/C12H15BrN2O3/c1-18-12-4-2-3-11(12)14-10-6-5-8(15(16)17)7-9(10)13/h5-7,11-12,14H,2-4H2,1H3. The number of nitro groups is 1. The Morgan fingerprint density at radius 1 is 1.50 bits per heavy atom. The highest BCUT2D eigenvalue weighted by molar-refractivity contribution is 9.10. The summed E-state index contributed by atoms with van der Waals surface area (Å²) in [7, 11) is 1.72. The molecular weight excluding hydrogens is 300 g/mol. The molecule has 1 aromatic carbocycles. The number of ether oxygens (including phenoxy) is 1. The molecule has 1 aromatic rings. The van der Waals surface area contributed by atoms with Crippen molar-refractivity contribution in [1.29, 1.82) is 0 Å². The largest absolute Gasteiger partial charge is 0.379 e. The van der Waals surface area contributed by atoms with Crippen molar-refractivity contribution in [3.63, 3.8) is 0 Å². The molecule has 2 rings (SSSR count). The Labute approximate surface area is 114 Å². The van der Waals surface area contributed by atoms with Gasteiger partial charge in [0.2, 0.25) is 0 Å². The van der Waals surface area contributed by atoms with E-state index in [4.69, 9.17) is 4.74 Å². The number of nitrogens with one attached hydrogen (secondary N) is 1. The summed E-state index contributed by atoms with van der Waals surface area (Å²) in [6, 6.07) is 5.02. The van der Waals surface area contributed by atoms with Crippen LogP contribution >= 0.6 is 15.9 Å². The van der Waals surface area contributed by atoms with E-state index in [-0.39, 0.29) is 17.8 Å². The van der Waals surface area contributed by atoms with Crippen molar-refractivity contribution in [1.82, 2.24) is 0 Å². The van der Waals surface area contributed by atoms with Crippen molar-refractivity contribution in [2.75, 3.05) is 12.4 Å². The Morgan fingerprint density at radius 2 is 2.28 bits per heavy atom. The highest BCUT2D eigenvalue weighted by atomic mass is 79.9. The van der Waals surface area contributed by atoms with Crippen LogP contribution in [-0.2, 0) is 4.74 Å². The number of benzene rings is 1. The van der Waals surface area contributed by atoms with Crippen LogP contribution in [0.5, 0.6) is 0 Å². The monoisotopic (exact) mass is 314 g/mol. The molecule has 5 nitrogen and oxygen atoms in total. The van der Waals surface area contributed by atoms with Gasteiger partial charge in [0.25, 0.3) is 5.69 Å². The van der Waals surface area contributed by atoms with E-state index >= 15 is 0 Å². The van der Waals surface area contributed by atoms with Gasteiger partial charge in [-0.05, 0) is 41.3 Å². The zero-order valence-corrected chi connectivity index (χ0v) is 11.6. The van der Waals surface area contributed by atoms with Crippen LogP contribution in [0.15, 0.2) is 22.7 Å². The lowest BCUT2D eigenvalue weighted by Gasteiger charge is -2.21. The summed E-state index contributed by atoms with van der Waals surface area (Å²) in [5, 5.41) is 14.0. The molecule has 1 aliphatic carbocycles. The normalized spacial score (nSPS) is 23.0. The van der Waals surface area contributed by atoms with E-state index in [1.165, 1.54) is 12.1 Å². The highest BCUT2D eigenvalue weighted by Crippen LogP contribution is 2.31. The molecule has 1 aliphatic rings. The fourth-order valence-corrected chi connectivity index (χ4v) is 2.79. The fraction of sp³-hybridized carbons (Fsp3) is 0.500. The van der Waals surface area contributed by atoms with Crippen LogP contribution in [0.2, 0.25) is 0 Å². The summed E-state index contributed by atoms with van der Waals surface area (Å²) >= 11 is 3.36. The third-order valence-electron chi connectivity index (χ3n) is 3.26. The molecule has 0 saturated heterocycles. The molecule has 0 spiro atoms. The van der Waals surface area contributed by atoms with Crippen molar-refractivity contribution in [3.8, 4) is 0 Å². The molecule has 2 unspecified atom stereocenters. The number of rotatable bonds is 4. The van der Waals surface area contributed by atoms with Gasteiger partial charge in [0, 0.05) is 29.4 Å².